The Balaban J connectivity index is 1.89. The predicted molar refractivity (Wildman–Crippen MR) is 95.5 cm³/mol. The highest BCUT2D eigenvalue weighted by molar-refractivity contribution is 5.87. The van der Waals surface area contributed by atoms with E-state index in [9.17, 15) is 14.0 Å². The van der Waals surface area contributed by atoms with Crippen LogP contribution in [-0.4, -0.2) is 5.78 Å². The molecule has 0 N–H and O–H groups in total. The second-order valence-corrected chi connectivity index (χ2v) is 6.29. The predicted octanol–water partition coefficient (Wildman–Crippen LogP) is 4.43. The van der Waals surface area contributed by atoms with Gasteiger partial charge in [0.1, 0.15) is 28.7 Å². The van der Waals surface area contributed by atoms with Gasteiger partial charge in [-0.2, -0.15) is 0 Å². The Bertz CT molecular complexity index is 1090. The van der Waals surface area contributed by atoms with Crippen LogP contribution in [0.15, 0.2) is 63.5 Å². The number of rotatable bonds is 3. The molecule has 26 heavy (non-hydrogen) atoms. The minimum atomic E-state index is -0.520. The van der Waals surface area contributed by atoms with Gasteiger partial charge in [-0.3, -0.25) is 4.79 Å². The summed E-state index contributed by atoms with van der Waals surface area (Å²) in [5, 5.41) is 0.679. The van der Waals surface area contributed by atoms with E-state index in [0.717, 1.165) is 5.56 Å². The number of allylic oxidation sites excluding steroid dienone is 1. The summed E-state index contributed by atoms with van der Waals surface area (Å²) >= 11 is 0. The van der Waals surface area contributed by atoms with E-state index in [1.807, 2.05) is 12.1 Å². The first-order chi connectivity index (χ1) is 12.5. The zero-order valence-corrected chi connectivity index (χ0v) is 14.0. The number of Topliss-reactive ketones (excluding diaryl/α,β-unsaturated/α-hetero) is 1. The molecule has 0 saturated heterocycles. The molecule has 0 unspecified atom stereocenters. The van der Waals surface area contributed by atoms with Gasteiger partial charge < -0.3 is 9.15 Å². The highest BCUT2D eigenvalue weighted by atomic mass is 19.1. The summed E-state index contributed by atoms with van der Waals surface area (Å²) < 4.78 is 24.6. The normalized spacial score (nSPS) is 17.3. The molecule has 130 valence electrons. The summed E-state index contributed by atoms with van der Waals surface area (Å²) in [6.07, 6.45) is 1.85. The van der Waals surface area contributed by atoms with Crippen molar-refractivity contribution in [2.45, 2.75) is 19.3 Å². The van der Waals surface area contributed by atoms with E-state index in [1.54, 1.807) is 30.3 Å². The fourth-order valence-corrected chi connectivity index (χ4v) is 3.22. The molecule has 1 aromatic heterocycles. The van der Waals surface area contributed by atoms with E-state index in [-0.39, 0.29) is 18.0 Å². The van der Waals surface area contributed by atoms with Crippen molar-refractivity contribution in [3.05, 3.63) is 81.7 Å². The molecule has 0 bridgehead atoms. The summed E-state index contributed by atoms with van der Waals surface area (Å²) in [4.78, 5) is 24.3. The van der Waals surface area contributed by atoms with Crippen molar-refractivity contribution in [1.29, 1.82) is 0 Å². The molecule has 2 heterocycles. The largest absolute Gasteiger partial charge is 0.460 e. The van der Waals surface area contributed by atoms with Crippen LogP contribution >= 0.6 is 0 Å². The Hall–Kier alpha value is -3.21. The van der Waals surface area contributed by atoms with Gasteiger partial charge in [0.05, 0.1) is 16.9 Å². The number of benzene rings is 2. The summed E-state index contributed by atoms with van der Waals surface area (Å²) in [5.74, 6) is -0.0194. The van der Waals surface area contributed by atoms with Crippen LogP contribution in [0, 0.1) is 5.82 Å². The van der Waals surface area contributed by atoms with Crippen LogP contribution < -0.4 is 10.4 Å². The Morgan fingerprint density at radius 1 is 1.15 bits per heavy atom. The number of fused-ring (bicyclic) bond motifs is 3. The molecule has 3 aromatic rings. The molecule has 0 saturated carbocycles. The Labute approximate surface area is 148 Å². The summed E-state index contributed by atoms with van der Waals surface area (Å²) in [6.45, 7) is 1.47. The van der Waals surface area contributed by atoms with E-state index in [4.69, 9.17) is 9.15 Å². The summed E-state index contributed by atoms with van der Waals surface area (Å²) in [6, 6.07) is 13.0. The third-order valence-corrected chi connectivity index (χ3v) is 4.38. The Morgan fingerprint density at radius 3 is 2.62 bits per heavy atom. The highest BCUT2D eigenvalue weighted by Gasteiger charge is 2.36. The molecule has 1 aliphatic heterocycles. The quantitative estimate of drug-likeness (QED) is 0.656. The van der Waals surface area contributed by atoms with E-state index >= 15 is 0 Å². The fourth-order valence-electron chi connectivity index (χ4n) is 3.22. The van der Waals surface area contributed by atoms with Gasteiger partial charge in [0.15, 0.2) is 0 Å². The number of carbonyl (C=O) groups excluding carboxylic acids is 1. The summed E-state index contributed by atoms with van der Waals surface area (Å²) in [5.41, 5.74) is 0.997. The molecule has 4 nitrogen and oxygen atoms in total. The minimum Gasteiger partial charge on any atom is -0.460 e. The second kappa shape index (κ2) is 6.26. The Morgan fingerprint density at radius 2 is 1.88 bits per heavy atom. The van der Waals surface area contributed by atoms with Crippen molar-refractivity contribution in [2.24, 2.45) is 0 Å². The van der Waals surface area contributed by atoms with Gasteiger partial charge >= 0.3 is 5.63 Å². The van der Waals surface area contributed by atoms with E-state index < -0.39 is 11.5 Å². The molecule has 5 heteroatoms. The minimum absolute atomic E-state index is 0.0657. The number of para-hydroxylation sites is 1. The molecule has 0 fully saturated rings. The molecule has 4 rings (SSSR count). The zero-order chi connectivity index (χ0) is 18.3. The third kappa shape index (κ3) is 2.81. The maximum Gasteiger partial charge on any atom is 0.344 e. The zero-order valence-electron chi connectivity index (χ0n) is 14.0. The van der Waals surface area contributed by atoms with Crippen molar-refractivity contribution >= 4 is 22.8 Å². The first kappa shape index (κ1) is 16.3. The molecular weight excluding hydrogens is 335 g/mol. The summed E-state index contributed by atoms with van der Waals surface area (Å²) in [7, 11) is 0. The number of ketones is 1. The van der Waals surface area contributed by atoms with E-state index in [1.165, 1.54) is 19.1 Å². The van der Waals surface area contributed by atoms with Crippen LogP contribution in [0.3, 0.4) is 0 Å². The van der Waals surface area contributed by atoms with Crippen LogP contribution in [0.5, 0.6) is 5.75 Å². The monoisotopic (exact) mass is 350 g/mol. The standard InChI is InChI=1S/C21H15FO4/c1-12(23)10-16-18(11-13-6-8-14(22)9-7-13)25-20-15-4-2-3-5-17(15)26-21(24)19(16)20/h2-9,11,16H,10H2,1H3/b18-11-/t16-/m1/s1. The lowest BCUT2D eigenvalue weighted by atomic mass is 9.93. The first-order valence-electron chi connectivity index (χ1n) is 8.23. The first-order valence-corrected chi connectivity index (χ1v) is 8.23. The highest BCUT2D eigenvalue weighted by Crippen LogP contribution is 2.45. The van der Waals surface area contributed by atoms with Gasteiger partial charge in [-0.15, -0.1) is 0 Å². The average molecular weight is 350 g/mol. The van der Waals surface area contributed by atoms with Crippen LogP contribution in [-0.2, 0) is 4.79 Å². The van der Waals surface area contributed by atoms with Gasteiger partial charge in [-0.25, -0.2) is 9.18 Å². The molecule has 0 radical (unpaired) electrons. The molecule has 0 amide bonds. The molecule has 0 spiro atoms. The number of halogens is 1. The second-order valence-electron chi connectivity index (χ2n) is 6.29. The maximum atomic E-state index is 13.1. The molecule has 2 aromatic carbocycles. The van der Waals surface area contributed by atoms with Crippen molar-refractivity contribution in [1.82, 2.24) is 0 Å². The van der Waals surface area contributed by atoms with Crippen LogP contribution in [0.1, 0.15) is 30.4 Å². The van der Waals surface area contributed by atoms with E-state index in [2.05, 4.69) is 0 Å². The van der Waals surface area contributed by atoms with Crippen LogP contribution in [0.4, 0.5) is 4.39 Å². The SMILES string of the molecule is CC(=O)C[C@@H]1/C(=C/c2ccc(F)cc2)Oc2c1c(=O)oc1ccccc21. The van der Waals surface area contributed by atoms with Crippen LogP contribution in [0.25, 0.3) is 17.0 Å². The number of carbonyl (C=O) groups is 1. The lowest BCUT2D eigenvalue weighted by Crippen LogP contribution is -2.12. The van der Waals surface area contributed by atoms with Gasteiger partial charge in [-0.1, -0.05) is 24.3 Å². The van der Waals surface area contributed by atoms with Gasteiger partial charge in [-0.05, 0) is 42.8 Å². The molecular formula is C21H15FO4. The van der Waals surface area contributed by atoms with Crippen molar-refractivity contribution < 1.29 is 18.3 Å². The van der Waals surface area contributed by atoms with Crippen molar-refractivity contribution in [3.8, 4) is 5.75 Å². The van der Waals surface area contributed by atoms with Gasteiger partial charge in [0, 0.05) is 6.42 Å². The molecule has 0 aliphatic carbocycles. The number of hydrogen-bond acceptors (Lipinski definition) is 4. The Kier molecular flexibility index (Phi) is 3.92. The van der Waals surface area contributed by atoms with Crippen LogP contribution in [0.2, 0.25) is 0 Å². The lowest BCUT2D eigenvalue weighted by molar-refractivity contribution is -0.117. The number of hydrogen-bond donors (Lipinski definition) is 0. The average Bonchev–Trinajstić information content (AvgIpc) is 2.95. The number of ether oxygens (including phenoxy) is 1. The fraction of sp³-hybridized carbons (Fsp3) is 0.143. The van der Waals surface area contributed by atoms with E-state index in [0.29, 0.717) is 28.0 Å². The maximum absolute atomic E-state index is 13.1. The lowest BCUT2D eigenvalue weighted by Gasteiger charge is -2.08. The third-order valence-electron chi connectivity index (χ3n) is 4.38. The van der Waals surface area contributed by atoms with Crippen molar-refractivity contribution in [2.75, 3.05) is 0 Å². The van der Waals surface area contributed by atoms with Gasteiger partial charge in [0.25, 0.3) is 0 Å². The van der Waals surface area contributed by atoms with Crippen molar-refractivity contribution in [3.63, 3.8) is 0 Å². The van der Waals surface area contributed by atoms with Gasteiger partial charge in [0.2, 0.25) is 0 Å². The molecule has 1 aliphatic rings. The topological polar surface area (TPSA) is 56.5 Å². The molecule has 1 atom stereocenters. The smallest absolute Gasteiger partial charge is 0.344 e.